The molecule has 0 fully saturated rings. The van der Waals surface area contributed by atoms with E-state index >= 15 is 0 Å². The zero-order valence-corrected chi connectivity index (χ0v) is 20.3. The van der Waals surface area contributed by atoms with Crippen molar-refractivity contribution in [2.75, 3.05) is 0 Å². The number of rotatable bonds is 6. The summed E-state index contributed by atoms with van der Waals surface area (Å²) < 4.78 is 15.2. The molecule has 6 nitrogen and oxygen atoms in total. The lowest BCUT2D eigenvalue weighted by Crippen LogP contribution is -2.34. The Morgan fingerprint density at radius 1 is 1.14 bits per heavy atom. The number of Topliss-reactive ketones (excluding diaryl/α,β-unsaturated/α-hetero) is 1. The Morgan fingerprint density at radius 3 is 2.61 bits per heavy atom. The molecule has 3 aromatic carbocycles. The first-order chi connectivity index (χ1) is 17.5. The smallest absolute Gasteiger partial charge is 0.245 e. The van der Waals surface area contributed by atoms with E-state index in [1.54, 1.807) is 28.9 Å². The Kier molecular flexibility index (Phi) is 6.59. The van der Waals surface area contributed by atoms with Crippen LogP contribution in [0.4, 0.5) is 4.39 Å². The maximum absolute atomic E-state index is 13.6. The van der Waals surface area contributed by atoms with E-state index in [2.05, 4.69) is 10.4 Å². The number of nitrogens with one attached hydrogen (secondary N) is 1. The Hall–Kier alpha value is -3.93. The van der Waals surface area contributed by atoms with E-state index in [-0.39, 0.29) is 12.2 Å². The van der Waals surface area contributed by atoms with Crippen molar-refractivity contribution in [1.29, 1.82) is 5.26 Å². The van der Waals surface area contributed by atoms with Crippen molar-refractivity contribution in [2.24, 2.45) is 5.92 Å². The van der Waals surface area contributed by atoms with Gasteiger partial charge in [-0.05, 0) is 48.0 Å². The summed E-state index contributed by atoms with van der Waals surface area (Å²) in [7, 11) is 0. The fourth-order valence-corrected chi connectivity index (χ4v) is 5.27. The Bertz CT molecular complexity index is 1510. The van der Waals surface area contributed by atoms with Crippen molar-refractivity contribution in [2.45, 2.75) is 17.2 Å². The molecule has 5 rings (SSSR count). The van der Waals surface area contributed by atoms with Gasteiger partial charge in [-0.3, -0.25) is 9.59 Å². The predicted molar refractivity (Wildman–Crippen MR) is 135 cm³/mol. The summed E-state index contributed by atoms with van der Waals surface area (Å²) in [5, 5.41) is 17.5. The largest absolute Gasteiger partial charge is 0.350 e. The molecule has 178 valence electrons. The van der Waals surface area contributed by atoms with Crippen LogP contribution in [0.3, 0.4) is 0 Å². The van der Waals surface area contributed by atoms with Crippen LogP contribution in [0.2, 0.25) is 5.02 Å². The number of halogens is 2. The molecular formula is C27H18ClFN4O2S. The fraction of sp³-hybridized carbons (Fsp3) is 0.111. The van der Waals surface area contributed by atoms with Gasteiger partial charge in [0.25, 0.3) is 0 Å². The van der Waals surface area contributed by atoms with Gasteiger partial charge in [0, 0.05) is 33.3 Å². The molecule has 1 aliphatic heterocycles. The second-order valence-corrected chi connectivity index (χ2v) is 9.58. The minimum atomic E-state index is -1.57. The van der Waals surface area contributed by atoms with Crippen molar-refractivity contribution in [3.63, 3.8) is 0 Å². The van der Waals surface area contributed by atoms with Crippen LogP contribution in [-0.4, -0.2) is 21.5 Å². The summed E-state index contributed by atoms with van der Waals surface area (Å²) in [6.07, 6.45) is 0. The van der Waals surface area contributed by atoms with Crippen LogP contribution >= 0.6 is 23.4 Å². The highest BCUT2D eigenvalue weighted by Gasteiger charge is 2.35. The number of thioether (sulfide) groups is 1. The number of amides is 1. The summed E-state index contributed by atoms with van der Waals surface area (Å²) in [4.78, 5) is 27.3. The number of nitrogens with zero attached hydrogens (tertiary/aromatic N) is 3. The third-order valence-electron chi connectivity index (χ3n) is 5.82. The summed E-state index contributed by atoms with van der Waals surface area (Å²) in [6, 6.07) is 22.2. The van der Waals surface area contributed by atoms with Crippen LogP contribution in [0.5, 0.6) is 0 Å². The van der Waals surface area contributed by atoms with Crippen molar-refractivity contribution in [1.82, 2.24) is 15.1 Å². The van der Waals surface area contributed by atoms with Gasteiger partial charge < -0.3 is 5.32 Å². The first-order valence-corrected chi connectivity index (χ1v) is 12.4. The molecule has 0 spiro atoms. The molecule has 1 unspecified atom stereocenters. The van der Waals surface area contributed by atoms with Crippen molar-refractivity contribution in [3.05, 3.63) is 100 Å². The highest BCUT2D eigenvalue weighted by atomic mass is 35.5. The molecule has 0 bridgehead atoms. The Labute approximate surface area is 215 Å². The molecule has 1 aromatic heterocycles. The van der Waals surface area contributed by atoms with E-state index in [9.17, 15) is 19.2 Å². The first-order valence-electron chi connectivity index (χ1n) is 11.0. The third-order valence-corrected chi connectivity index (χ3v) is 7.15. The molecule has 36 heavy (non-hydrogen) atoms. The van der Waals surface area contributed by atoms with Gasteiger partial charge in [-0.15, -0.1) is 11.8 Å². The minimum Gasteiger partial charge on any atom is -0.350 e. The Morgan fingerprint density at radius 2 is 1.89 bits per heavy atom. The number of nitriles is 1. The van der Waals surface area contributed by atoms with Gasteiger partial charge in [0.2, 0.25) is 11.7 Å². The maximum atomic E-state index is 13.6. The lowest BCUT2D eigenvalue weighted by Gasteiger charge is -2.19. The van der Waals surface area contributed by atoms with Gasteiger partial charge in [0.05, 0.1) is 17.5 Å². The van der Waals surface area contributed by atoms with Crippen LogP contribution in [0.1, 0.15) is 21.6 Å². The SMILES string of the molecule is N#CC(C(=O)NCc1ccccc1)C(=O)c1nn(-c2ccc(F)cc2)c2c1CSc1ccc(Cl)cc1-2. The molecule has 0 saturated heterocycles. The molecular weight excluding hydrogens is 499 g/mol. The number of carbonyl (C=O) groups is 2. The first kappa shape index (κ1) is 23.8. The van der Waals surface area contributed by atoms with Crippen LogP contribution in [0.25, 0.3) is 16.9 Å². The van der Waals surface area contributed by atoms with E-state index in [1.807, 2.05) is 42.5 Å². The number of fused-ring (bicyclic) bond motifs is 3. The molecule has 4 aromatic rings. The number of ketones is 1. The zero-order valence-electron chi connectivity index (χ0n) is 18.7. The van der Waals surface area contributed by atoms with Crippen molar-refractivity contribution >= 4 is 35.1 Å². The number of benzene rings is 3. The zero-order chi connectivity index (χ0) is 25.2. The van der Waals surface area contributed by atoms with E-state index in [4.69, 9.17) is 11.6 Å². The van der Waals surface area contributed by atoms with E-state index in [0.29, 0.717) is 27.7 Å². The van der Waals surface area contributed by atoms with Crippen LogP contribution in [-0.2, 0) is 17.1 Å². The van der Waals surface area contributed by atoms with Gasteiger partial charge in [-0.25, -0.2) is 9.07 Å². The summed E-state index contributed by atoms with van der Waals surface area (Å²) in [6.45, 7) is 0.189. The molecule has 2 heterocycles. The average molecular weight is 517 g/mol. The number of hydrogen-bond acceptors (Lipinski definition) is 5. The van der Waals surface area contributed by atoms with Gasteiger partial charge in [-0.1, -0.05) is 41.9 Å². The molecule has 0 saturated carbocycles. The van der Waals surface area contributed by atoms with E-state index < -0.39 is 23.4 Å². The highest BCUT2D eigenvalue weighted by molar-refractivity contribution is 7.98. The molecule has 0 aliphatic carbocycles. The third kappa shape index (κ3) is 4.51. The summed E-state index contributed by atoms with van der Waals surface area (Å²) in [5.41, 5.74) is 3.41. The second-order valence-electron chi connectivity index (χ2n) is 8.12. The topological polar surface area (TPSA) is 87.8 Å². The van der Waals surface area contributed by atoms with Gasteiger partial charge >= 0.3 is 0 Å². The second kappa shape index (κ2) is 9.97. The highest BCUT2D eigenvalue weighted by Crippen LogP contribution is 2.45. The van der Waals surface area contributed by atoms with E-state index in [0.717, 1.165) is 16.0 Å². The Balaban J connectivity index is 1.55. The summed E-state index contributed by atoms with van der Waals surface area (Å²) >= 11 is 7.79. The fourth-order valence-electron chi connectivity index (χ4n) is 4.05. The molecule has 1 N–H and O–H groups in total. The molecule has 9 heteroatoms. The molecule has 1 amide bonds. The van der Waals surface area contributed by atoms with Gasteiger partial charge in [0.15, 0.2) is 5.92 Å². The number of hydrogen-bond donors (Lipinski definition) is 1. The van der Waals surface area contributed by atoms with Gasteiger partial charge in [0.1, 0.15) is 11.5 Å². The van der Waals surface area contributed by atoms with Gasteiger partial charge in [-0.2, -0.15) is 10.4 Å². The van der Waals surface area contributed by atoms with Crippen LogP contribution in [0.15, 0.2) is 77.7 Å². The molecule has 1 atom stereocenters. The molecule has 1 aliphatic rings. The normalized spacial score (nSPS) is 12.7. The lowest BCUT2D eigenvalue weighted by molar-refractivity contribution is -0.122. The summed E-state index contributed by atoms with van der Waals surface area (Å²) in [5.74, 6) is -2.94. The van der Waals surface area contributed by atoms with Crippen molar-refractivity contribution in [3.8, 4) is 23.0 Å². The van der Waals surface area contributed by atoms with Crippen LogP contribution < -0.4 is 5.32 Å². The van der Waals surface area contributed by atoms with Crippen LogP contribution in [0, 0.1) is 23.1 Å². The van der Waals surface area contributed by atoms with E-state index in [1.165, 1.54) is 23.9 Å². The number of aromatic nitrogens is 2. The number of carbonyl (C=O) groups excluding carboxylic acids is 2. The molecule has 0 radical (unpaired) electrons. The maximum Gasteiger partial charge on any atom is 0.245 e. The minimum absolute atomic E-state index is 0.0360. The monoisotopic (exact) mass is 516 g/mol. The predicted octanol–water partition coefficient (Wildman–Crippen LogP) is 5.58. The quantitative estimate of drug-likeness (QED) is 0.267. The van der Waals surface area contributed by atoms with Crippen molar-refractivity contribution < 1.29 is 14.0 Å². The lowest BCUT2D eigenvalue weighted by atomic mass is 9.97. The standard InChI is InChI=1S/C27H18ClFN4O2S/c28-17-6-11-23-20(12-17)25-22(15-36-23)24(32-33(25)19-9-7-18(29)8-10-19)26(34)21(13-30)27(35)31-14-16-4-2-1-3-5-16/h1-12,21H,14-15H2,(H,31,35). The average Bonchev–Trinajstić information content (AvgIpc) is 3.29.